The van der Waals surface area contributed by atoms with Crippen LogP contribution < -0.4 is 5.90 Å². The van der Waals surface area contributed by atoms with Gasteiger partial charge in [-0.1, -0.05) is 64.7 Å². The third-order valence-corrected chi connectivity index (χ3v) is 5.11. The molecule has 1 atom stereocenters. The molecule has 0 amide bonds. The molecule has 0 fully saturated rings. The van der Waals surface area contributed by atoms with Gasteiger partial charge in [0.25, 0.3) is 0 Å². The number of hydrogen-bond acceptors (Lipinski definition) is 4. The Morgan fingerprint density at radius 2 is 1.32 bits per heavy atom. The Kier molecular flexibility index (Phi) is 13.2. The fourth-order valence-electron chi connectivity index (χ4n) is 2.14. The predicted octanol–water partition coefficient (Wildman–Crippen LogP) is 5.03. The van der Waals surface area contributed by atoms with E-state index in [4.69, 9.17) is 10.4 Å². The van der Waals surface area contributed by atoms with E-state index < -0.39 is 7.60 Å². The molecular formula is C14H32NO3P. The summed E-state index contributed by atoms with van der Waals surface area (Å²) < 4.78 is 21.4. The Morgan fingerprint density at radius 1 is 0.842 bits per heavy atom. The summed E-state index contributed by atoms with van der Waals surface area (Å²) >= 11 is 0. The molecule has 0 radical (unpaired) electrons. The van der Waals surface area contributed by atoms with Crippen LogP contribution in [0.5, 0.6) is 0 Å². The van der Waals surface area contributed by atoms with Crippen LogP contribution in [-0.2, 0) is 13.7 Å². The Bertz CT molecular complexity index is 237. The molecule has 0 aliphatic heterocycles. The van der Waals surface area contributed by atoms with Crippen LogP contribution in [0.2, 0.25) is 0 Å². The van der Waals surface area contributed by atoms with Gasteiger partial charge in [-0.25, -0.2) is 10.5 Å². The van der Waals surface area contributed by atoms with E-state index in [1.54, 1.807) is 6.92 Å². The Labute approximate surface area is 118 Å². The summed E-state index contributed by atoms with van der Waals surface area (Å²) in [6.45, 7) is 4.42. The lowest BCUT2D eigenvalue weighted by atomic mass is 10.1. The van der Waals surface area contributed by atoms with Crippen LogP contribution in [0.15, 0.2) is 0 Å². The molecule has 0 saturated heterocycles. The van der Waals surface area contributed by atoms with Gasteiger partial charge in [0, 0.05) is 0 Å². The van der Waals surface area contributed by atoms with E-state index in [-0.39, 0.29) is 0 Å². The van der Waals surface area contributed by atoms with Crippen LogP contribution in [0.25, 0.3) is 0 Å². The summed E-state index contributed by atoms with van der Waals surface area (Å²) in [4.78, 5) is 0. The van der Waals surface area contributed by atoms with Crippen molar-refractivity contribution in [2.75, 3.05) is 12.8 Å². The standard InChI is InChI=1S/C14H32NO3P/c1-3-5-6-7-8-9-10-11-12-13-14-19(16,18-15)17-4-2/h3-15H2,1-2H3. The van der Waals surface area contributed by atoms with E-state index in [1.807, 2.05) is 0 Å². The monoisotopic (exact) mass is 293 g/mol. The van der Waals surface area contributed by atoms with Gasteiger partial charge in [-0.05, 0) is 13.3 Å². The number of nitrogens with two attached hydrogens (primary N) is 1. The Balaban J connectivity index is 3.32. The predicted molar refractivity (Wildman–Crippen MR) is 81.2 cm³/mol. The van der Waals surface area contributed by atoms with Gasteiger partial charge in [-0.2, -0.15) is 0 Å². The zero-order valence-corrected chi connectivity index (χ0v) is 13.6. The number of rotatable bonds is 14. The van der Waals surface area contributed by atoms with Crippen molar-refractivity contribution < 1.29 is 13.7 Å². The van der Waals surface area contributed by atoms with Gasteiger partial charge >= 0.3 is 7.60 Å². The van der Waals surface area contributed by atoms with Crippen LogP contribution in [0, 0.1) is 0 Å². The fourth-order valence-corrected chi connectivity index (χ4v) is 3.44. The smallest absolute Gasteiger partial charge is 0.308 e. The second-order valence-corrected chi connectivity index (χ2v) is 7.18. The normalized spacial score (nSPS) is 14.5. The largest absolute Gasteiger partial charge is 0.346 e. The molecule has 0 rings (SSSR count). The molecule has 116 valence electrons. The van der Waals surface area contributed by atoms with Gasteiger partial charge in [0.2, 0.25) is 0 Å². The summed E-state index contributed by atoms with van der Waals surface area (Å²) in [5.74, 6) is 5.03. The summed E-state index contributed by atoms with van der Waals surface area (Å²) in [5, 5.41) is 0. The highest BCUT2D eigenvalue weighted by molar-refractivity contribution is 7.53. The van der Waals surface area contributed by atoms with Gasteiger partial charge in [0.05, 0.1) is 12.8 Å². The van der Waals surface area contributed by atoms with Crippen molar-refractivity contribution in [2.24, 2.45) is 5.90 Å². The maximum absolute atomic E-state index is 11.8. The SMILES string of the molecule is CCCCCCCCCCCCP(=O)(ON)OCC. The van der Waals surface area contributed by atoms with Gasteiger partial charge in [-0.3, -0.25) is 4.57 Å². The molecule has 0 aromatic heterocycles. The number of unbranched alkanes of at least 4 members (excludes halogenated alkanes) is 9. The molecule has 0 aliphatic rings. The highest BCUT2D eigenvalue weighted by atomic mass is 31.2. The van der Waals surface area contributed by atoms with E-state index in [9.17, 15) is 4.57 Å². The van der Waals surface area contributed by atoms with E-state index in [0.717, 1.165) is 12.8 Å². The lowest BCUT2D eigenvalue weighted by Gasteiger charge is -2.13. The summed E-state index contributed by atoms with van der Waals surface area (Å²) in [5.41, 5.74) is 0. The number of hydrogen-bond donors (Lipinski definition) is 1. The zero-order valence-electron chi connectivity index (χ0n) is 12.7. The molecule has 4 nitrogen and oxygen atoms in total. The van der Waals surface area contributed by atoms with Gasteiger partial charge in [-0.15, -0.1) is 0 Å². The first kappa shape index (κ1) is 19.1. The first-order valence-corrected chi connectivity index (χ1v) is 9.53. The molecule has 0 bridgehead atoms. The van der Waals surface area contributed by atoms with Crippen LogP contribution in [0.1, 0.15) is 78.1 Å². The Hall–Kier alpha value is 0.110. The maximum atomic E-state index is 11.8. The lowest BCUT2D eigenvalue weighted by Crippen LogP contribution is -2.04. The molecule has 0 aromatic carbocycles. The fraction of sp³-hybridized carbons (Fsp3) is 1.00. The molecule has 0 heterocycles. The Morgan fingerprint density at radius 3 is 1.74 bits per heavy atom. The molecule has 2 N–H and O–H groups in total. The van der Waals surface area contributed by atoms with Crippen molar-refractivity contribution in [3.8, 4) is 0 Å². The molecule has 0 saturated carbocycles. The lowest BCUT2D eigenvalue weighted by molar-refractivity contribution is 0.215. The minimum Gasteiger partial charge on any atom is -0.308 e. The first-order chi connectivity index (χ1) is 9.18. The molecule has 0 aromatic rings. The van der Waals surface area contributed by atoms with Crippen LogP contribution in [0.4, 0.5) is 0 Å². The van der Waals surface area contributed by atoms with Gasteiger partial charge in [0.1, 0.15) is 0 Å². The van der Waals surface area contributed by atoms with Gasteiger partial charge < -0.3 is 4.52 Å². The van der Waals surface area contributed by atoms with E-state index in [2.05, 4.69) is 11.5 Å². The van der Waals surface area contributed by atoms with Crippen LogP contribution >= 0.6 is 7.60 Å². The van der Waals surface area contributed by atoms with Crippen LogP contribution in [-0.4, -0.2) is 12.8 Å². The van der Waals surface area contributed by atoms with Crippen molar-refractivity contribution >= 4 is 7.60 Å². The molecular weight excluding hydrogens is 261 g/mol. The van der Waals surface area contributed by atoms with E-state index >= 15 is 0 Å². The second-order valence-electron chi connectivity index (χ2n) is 5.04. The van der Waals surface area contributed by atoms with Crippen molar-refractivity contribution in [3.63, 3.8) is 0 Å². The quantitative estimate of drug-likeness (QED) is 0.277. The van der Waals surface area contributed by atoms with Crippen molar-refractivity contribution in [1.82, 2.24) is 0 Å². The molecule has 1 unspecified atom stereocenters. The summed E-state index contributed by atoms with van der Waals surface area (Å²) in [6.07, 6.45) is 12.9. The summed E-state index contributed by atoms with van der Waals surface area (Å²) in [7, 11) is -3.00. The maximum Gasteiger partial charge on any atom is 0.346 e. The van der Waals surface area contributed by atoms with Crippen LogP contribution in [0.3, 0.4) is 0 Å². The molecule has 0 aliphatic carbocycles. The highest BCUT2D eigenvalue weighted by Crippen LogP contribution is 2.46. The van der Waals surface area contributed by atoms with Gasteiger partial charge in [0.15, 0.2) is 0 Å². The second kappa shape index (κ2) is 13.1. The third-order valence-electron chi connectivity index (χ3n) is 3.27. The third kappa shape index (κ3) is 11.6. The first-order valence-electron chi connectivity index (χ1n) is 7.80. The minimum absolute atomic E-state index is 0.381. The summed E-state index contributed by atoms with van der Waals surface area (Å²) in [6, 6.07) is 0. The average Bonchev–Trinajstić information content (AvgIpc) is 2.41. The topological polar surface area (TPSA) is 61.5 Å². The highest BCUT2D eigenvalue weighted by Gasteiger charge is 2.21. The van der Waals surface area contributed by atoms with Crippen molar-refractivity contribution in [3.05, 3.63) is 0 Å². The average molecular weight is 293 g/mol. The van der Waals surface area contributed by atoms with Crippen molar-refractivity contribution in [1.29, 1.82) is 0 Å². The van der Waals surface area contributed by atoms with E-state index in [0.29, 0.717) is 12.8 Å². The molecule has 0 spiro atoms. The molecule has 19 heavy (non-hydrogen) atoms. The molecule has 5 heteroatoms. The van der Waals surface area contributed by atoms with E-state index in [1.165, 1.54) is 51.4 Å². The minimum atomic E-state index is -3.00. The zero-order chi connectivity index (χ0) is 14.4. The van der Waals surface area contributed by atoms with Crippen molar-refractivity contribution in [2.45, 2.75) is 78.1 Å².